The van der Waals surface area contributed by atoms with Gasteiger partial charge >= 0.3 is 6.09 Å². The molecule has 2 N–H and O–H groups in total. The smallest absolute Gasteiger partial charge is 0.430 e. The topological polar surface area (TPSA) is 119 Å². The summed E-state index contributed by atoms with van der Waals surface area (Å²) in [5.74, 6) is -4.03. The molecule has 0 saturated carbocycles. The molecule has 47 heavy (non-hydrogen) atoms. The van der Waals surface area contributed by atoms with Crippen LogP contribution in [0.4, 0.5) is 13.6 Å². The van der Waals surface area contributed by atoms with Crippen molar-refractivity contribution in [1.82, 2.24) is 15.3 Å². The molecule has 0 aliphatic carbocycles. The van der Waals surface area contributed by atoms with E-state index in [1.807, 2.05) is 0 Å². The Kier molecular flexibility index (Phi) is 11.8. The Hall–Kier alpha value is -5.26. The van der Waals surface area contributed by atoms with Crippen LogP contribution in [0.25, 0.3) is 0 Å². The van der Waals surface area contributed by atoms with Gasteiger partial charge in [-0.25, -0.2) is 23.3 Å². The van der Waals surface area contributed by atoms with Gasteiger partial charge in [-0.05, 0) is 53.2 Å². The van der Waals surface area contributed by atoms with E-state index in [9.17, 15) is 28.0 Å². The molecule has 0 bridgehead atoms. The predicted molar refractivity (Wildman–Crippen MR) is 175 cm³/mol. The van der Waals surface area contributed by atoms with Gasteiger partial charge in [0.05, 0.1) is 6.04 Å². The van der Waals surface area contributed by atoms with Crippen molar-refractivity contribution < 1.29 is 32.6 Å². The lowest BCUT2D eigenvalue weighted by molar-refractivity contribution is 0.0523. The Bertz CT molecular complexity index is 1720. The van der Waals surface area contributed by atoms with Crippen LogP contribution in [0, 0.1) is 11.6 Å². The van der Waals surface area contributed by atoms with E-state index in [1.165, 1.54) is 6.08 Å². The van der Waals surface area contributed by atoms with Crippen LogP contribution >= 0.6 is 0 Å². The van der Waals surface area contributed by atoms with E-state index in [-0.39, 0.29) is 12.2 Å². The van der Waals surface area contributed by atoms with E-state index < -0.39 is 76.2 Å². The molecule has 3 rings (SSSR count). The molecule has 3 amide bonds. The molecule has 1 unspecified atom stereocenters. The average Bonchev–Trinajstić information content (AvgIpc) is 2.99. The predicted octanol–water partition coefficient (Wildman–Crippen LogP) is 5.78. The van der Waals surface area contributed by atoms with Crippen molar-refractivity contribution in [3.05, 3.63) is 124 Å². The maximum absolute atomic E-state index is 14.3. The fourth-order valence-electron chi connectivity index (χ4n) is 4.20. The third-order valence-electron chi connectivity index (χ3n) is 6.89. The number of hydrogen-bond donors (Lipinski definition) is 2. The van der Waals surface area contributed by atoms with Crippen LogP contribution < -0.4 is 25.8 Å². The summed E-state index contributed by atoms with van der Waals surface area (Å²) >= 11 is 0. The zero-order valence-electron chi connectivity index (χ0n) is 27.4. The Morgan fingerprint density at radius 1 is 1.06 bits per heavy atom. The van der Waals surface area contributed by atoms with Gasteiger partial charge in [0, 0.05) is 30.4 Å². The second-order valence-corrected chi connectivity index (χ2v) is 11.9. The molecule has 2 aromatic carbocycles. The first-order valence-electron chi connectivity index (χ1n) is 14.8. The average molecular weight is 651 g/mol. The minimum Gasteiger partial charge on any atom is -0.482 e. The highest BCUT2D eigenvalue weighted by Gasteiger charge is 2.35. The highest BCUT2D eigenvalue weighted by Crippen LogP contribution is 2.23. The first kappa shape index (κ1) is 36.2. The van der Waals surface area contributed by atoms with Gasteiger partial charge in [0.1, 0.15) is 29.4 Å². The fourth-order valence-corrected chi connectivity index (χ4v) is 4.20. The zero-order chi connectivity index (χ0) is 35.1. The van der Waals surface area contributed by atoms with Gasteiger partial charge in [-0.3, -0.25) is 14.4 Å². The second kappa shape index (κ2) is 15.4. The molecule has 250 valence electrons. The van der Waals surface area contributed by atoms with E-state index in [2.05, 4.69) is 23.8 Å². The summed E-state index contributed by atoms with van der Waals surface area (Å²) in [6.45, 7) is 17.0. The summed E-state index contributed by atoms with van der Waals surface area (Å²) in [6.07, 6.45) is 1.56. The molecular weight excluding hydrogens is 610 g/mol. The number of nitrogens with one attached hydrogen (secondary N) is 2. The SMILES string of the molecule is C=C[C@H](C)NC(=O)c1c(OCc2ccccc2)c(=O)c(C(=O)NCc2ccc(F)cc2F)cn1N(C(=O)OC(C)(C)C)C(C)C(=C)C. The largest absolute Gasteiger partial charge is 0.482 e. The third-order valence-corrected chi connectivity index (χ3v) is 6.89. The van der Waals surface area contributed by atoms with Crippen LogP contribution in [0.3, 0.4) is 0 Å². The molecule has 0 radical (unpaired) electrons. The zero-order valence-corrected chi connectivity index (χ0v) is 27.4. The van der Waals surface area contributed by atoms with E-state index in [4.69, 9.17) is 9.47 Å². The molecule has 2 atom stereocenters. The maximum atomic E-state index is 14.3. The van der Waals surface area contributed by atoms with Crippen molar-refractivity contribution in [1.29, 1.82) is 0 Å². The van der Waals surface area contributed by atoms with Crippen molar-refractivity contribution >= 4 is 17.9 Å². The lowest BCUT2D eigenvalue weighted by atomic mass is 10.1. The Balaban J connectivity index is 2.31. The summed E-state index contributed by atoms with van der Waals surface area (Å²) in [7, 11) is 0. The number of ether oxygens (including phenoxy) is 2. The number of rotatable bonds is 12. The number of carbonyl (C=O) groups excluding carboxylic acids is 3. The summed E-state index contributed by atoms with van der Waals surface area (Å²) in [6, 6.07) is 10.2. The summed E-state index contributed by atoms with van der Waals surface area (Å²) in [4.78, 5) is 55.3. The van der Waals surface area contributed by atoms with Crippen LogP contribution in [0.5, 0.6) is 5.75 Å². The van der Waals surface area contributed by atoms with E-state index in [1.54, 1.807) is 71.9 Å². The van der Waals surface area contributed by atoms with Gasteiger partial charge in [-0.2, -0.15) is 0 Å². The van der Waals surface area contributed by atoms with Crippen molar-refractivity contribution in [2.75, 3.05) is 5.01 Å². The third kappa shape index (κ3) is 9.38. The summed E-state index contributed by atoms with van der Waals surface area (Å²) < 4.78 is 40.5. The van der Waals surface area contributed by atoms with Gasteiger partial charge in [0.15, 0.2) is 11.4 Å². The Morgan fingerprint density at radius 2 is 1.72 bits per heavy atom. The molecule has 0 aliphatic rings. The maximum Gasteiger partial charge on any atom is 0.430 e. The fraction of sp³-hybridized carbons (Fsp3) is 0.314. The first-order chi connectivity index (χ1) is 22.0. The van der Waals surface area contributed by atoms with Crippen LogP contribution in [0.2, 0.25) is 0 Å². The molecule has 0 aliphatic heterocycles. The number of halogens is 2. The molecule has 1 aromatic heterocycles. The normalized spacial score (nSPS) is 12.3. The molecule has 1 heterocycles. The monoisotopic (exact) mass is 650 g/mol. The van der Waals surface area contributed by atoms with Crippen molar-refractivity contribution in [3.8, 4) is 5.75 Å². The minimum atomic E-state index is -0.977. The summed E-state index contributed by atoms with van der Waals surface area (Å²) in [5.41, 5.74) is -1.81. The first-order valence-corrected chi connectivity index (χ1v) is 14.8. The van der Waals surface area contributed by atoms with Crippen LogP contribution in [0.15, 0.2) is 84.3 Å². The van der Waals surface area contributed by atoms with Crippen LogP contribution in [0.1, 0.15) is 73.5 Å². The van der Waals surface area contributed by atoms with Gasteiger partial charge < -0.3 is 20.1 Å². The second-order valence-electron chi connectivity index (χ2n) is 11.9. The lowest BCUT2D eigenvalue weighted by Gasteiger charge is -2.35. The number of aromatic nitrogens is 1. The number of carbonyl (C=O) groups is 3. The number of amides is 3. The molecule has 0 fully saturated rings. The van der Waals surface area contributed by atoms with Crippen LogP contribution in [-0.4, -0.2) is 40.3 Å². The minimum absolute atomic E-state index is 0.0404. The molecule has 10 nitrogen and oxygen atoms in total. The molecular formula is C35H40F2N4O6. The van der Waals surface area contributed by atoms with E-state index >= 15 is 0 Å². The molecule has 0 spiro atoms. The van der Waals surface area contributed by atoms with E-state index in [0.717, 1.165) is 28.0 Å². The number of nitrogens with zero attached hydrogens (tertiary/aromatic N) is 2. The Labute approximate surface area is 272 Å². The van der Waals surface area contributed by atoms with E-state index in [0.29, 0.717) is 17.2 Å². The van der Waals surface area contributed by atoms with Crippen molar-refractivity contribution in [2.45, 2.75) is 72.4 Å². The molecule has 12 heteroatoms. The highest BCUT2D eigenvalue weighted by molar-refractivity contribution is 5.99. The number of benzene rings is 2. The number of hydrogen-bond acceptors (Lipinski definition) is 6. The molecule has 3 aromatic rings. The summed E-state index contributed by atoms with van der Waals surface area (Å²) in [5, 5.41) is 6.20. The van der Waals surface area contributed by atoms with Gasteiger partial charge in [0.2, 0.25) is 5.43 Å². The van der Waals surface area contributed by atoms with Crippen molar-refractivity contribution in [2.24, 2.45) is 0 Å². The van der Waals surface area contributed by atoms with Crippen LogP contribution in [-0.2, 0) is 17.9 Å². The van der Waals surface area contributed by atoms with Gasteiger partial charge in [-0.15, -0.1) is 6.58 Å². The number of pyridine rings is 1. The lowest BCUT2D eigenvalue weighted by Crippen LogP contribution is -2.52. The Morgan fingerprint density at radius 3 is 2.30 bits per heavy atom. The van der Waals surface area contributed by atoms with Gasteiger partial charge in [0.25, 0.3) is 11.8 Å². The van der Waals surface area contributed by atoms with Crippen molar-refractivity contribution in [3.63, 3.8) is 0 Å². The standard InChI is InChI=1S/C35H40F2N4O6/c1-9-22(4)39-33(44)29-31(46-20-24-13-11-10-12-14-24)30(42)27(32(43)38-18-25-15-16-26(36)17-28(25)37)19-40(29)41(23(5)21(2)3)34(45)47-35(6,7)8/h9-17,19,22-23H,1-2,18,20H2,3-8H3,(H,38,43)(H,39,44)/t22-,23?/m0/s1. The molecule has 0 saturated heterocycles. The quantitative estimate of drug-likeness (QED) is 0.240. The van der Waals surface area contributed by atoms with Gasteiger partial charge in [-0.1, -0.05) is 54.6 Å². The highest BCUT2D eigenvalue weighted by atomic mass is 19.1.